The van der Waals surface area contributed by atoms with Crippen LogP contribution in [0.5, 0.6) is 0 Å². The van der Waals surface area contributed by atoms with E-state index in [9.17, 15) is 5.11 Å². The smallest absolute Gasteiger partial charge is 0.158 e. The molecule has 0 aliphatic heterocycles. The van der Waals surface area contributed by atoms with Gasteiger partial charge in [-0.15, -0.1) is 0 Å². The third kappa shape index (κ3) is 1.25. The van der Waals surface area contributed by atoms with Crippen molar-refractivity contribution in [1.82, 2.24) is 14.8 Å². The zero-order valence-corrected chi connectivity index (χ0v) is 8.28. The molecule has 0 unspecified atom stereocenters. The fourth-order valence-electron chi connectivity index (χ4n) is 2.41. The average molecular weight is 181 g/mol. The molecule has 1 saturated carbocycles. The van der Waals surface area contributed by atoms with Gasteiger partial charge >= 0.3 is 0 Å². The molecular weight excluding hydrogens is 166 g/mol. The van der Waals surface area contributed by atoms with Crippen LogP contribution in [0.15, 0.2) is 6.33 Å². The topological polar surface area (TPSA) is 50.9 Å². The van der Waals surface area contributed by atoms with Gasteiger partial charge in [-0.2, -0.15) is 5.10 Å². The van der Waals surface area contributed by atoms with Crippen LogP contribution in [0.2, 0.25) is 0 Å². The lowest BCUT2D eigenvalue weighted by molar-refractivity contribution is -0.127. The summed E-state index contributed by atoms with van der Waals surface area (Å²) in [6.45, 7) is 4.30. The molecule has 0 aromatic carbocycles. The van der Waals surface area contributed by atoms with E-state index in [-0.39, 0.29) is 5.41 Å². The van der Waals surface area contributed by atoms with Gasteiger partial charge in [0.05, 0.1) is 0 Å². The van der Waals surface area contributed by atoms with Crippen LogP contribution >= 0.6 is 0 Å². The molecule has 1 aliphatic rings. The number of rotatable bonds is 1. The third-order valence-electron chi connectivity index (χ3n) is 2.67. The lowest BCUT2D eigenvalue weighted by Gasteiger charge is -2.48. The number of nitrogens with zero attached hydrogens (tertiary/aromatic N) is 3. The highest BCUT2D eigenvalue weighted by atomic mass is 16.3. The quantitative estimate of drug-likeness (QED) is 0.698. The summed E-state index contributed by atoms with van der Waals surface area (Å²) in [6, 6.07) is 0. The molecular formula is C9H15N3O. The highest BCUT2D eigenvalue weighted by Gasteiger charge is 2.51. The average Bonchev–Trinajstić information content (AvgIpc) is 2.30. The zero-order valence-electron chi connectivity index (χ0n) is 8.28. The largest absolute Gasteiger partial charge is 0.382 e. The van der Waals surface area contributed by atoms with Crippen LogP contribution in [0.3, 0.4) is 0 Å². The fraction of sp³-hybridized carbons (Fsp3) is 0.778. The third-order valence-corrected chi connectivity index (χ3v) is 2.67. The minimum absolute atomic E-state index is 0.237. The van der Waals surface area contributed by atoms with Crippen molar-refractivity contribution >= 4 is 0 Å². The SMILES string of the molecule is Cn1ncnc1C1(O)CC(C)(C)C1. The van der Waals surface area contributed by atoms with Crippen LogP contribution in [0.4, 0.5) is 0 Å². The Balaban J connectivity index is 2.25. The number of hydrogen-bond donors (Lipinski definition) is 1. The molecule has 1 aromatic heterocycles. The monoisotopic (exact) mass is 181 g/mol. The van der Waals surface area contributed by atoms with E-state index < -0.39 is 5.60 Å². The van der Waals surface area contributed by atoms with Gasteiger partial charge in [0.25, 0.3) is 0 Å². The summed E-state index contributed by atoms with van der Waals surface area (Å²) in [5.41, 5.74) is -0.505. The molecule has 2 rings (SSSR count). The van der Waals surface area contributed by atoms with Crippen LogP contribution in [0, 0.1) is 5.41 Å². The first-order valence-corrected chi connectivity index (χ1v) is 4.50. The molecule has 0 saturated heterocycles. The summed E-state index contributed by atoms with van der Waals surface area (Å²) in [7, 11) is 1.81. The molecule has 1 fully saturated rings. The molecule has 0 spiro atoms. The van der Waals surface area contributed by atoms with Crippen molar-refractivity contribution in [3.05, 3.63) is 12.2 Å². The Morgan fingerprint density at radius 2 is 2.08 bits per heavy atom. The predicted molar refractivity (Wildman–Crippen MR) is 47.9 cm³/mol. The van der Waals surface area contributed by atoms with Gasteiger partial charge in [0.15, 0.2) is 5.82 Å². The van der Waals surface area contributed by atoms with Gasteiger partial charge in [-0.1, -0.05) is 13.8 Å². The Hall–Kier alpha value is -0.900. The molecule has 1 aromatic rings. The van der Waals surface area contributed by atoms with Crippen molar-refractivity contribution in [3.63, 3.8) is 0 Å². The molecule has 1 N–H and O–H groups in total. The van der Waals surface area contributed by atoms with Crippen molar-refractivity contribution in [1.29, 1.82) is 0 Å². The van der Waals surface area contributed by atoms with Crippen molar-refractivity contribution in [2.45, 2.75) is 32.3 Å². The zero-order chi connectivity index (χ0) is 9.69. The van der Waals surface area contributed by atoms with Crippen molar-refractivity contribution < 1.29 is 5.11 Å². The standard InChI is InChI=1S/C9H15N3O/c1-8(2)4-9(13,5-8)7-10-6-11-12(7)3/h6,13H,4-5H2,1-3H3. The van der Waals surface area contributed by atoms with Gasteiger partial charge in [0.2, 0.25) is 0 Å². The van der Waals surface area contributed by atoms with E-state index in [1.165, 1.54) is 6.33 Å². The second kappa shape index (κ2) is 2.32. The van der Waals surface area contributed by atoms with E-state index in [1.54, 1.807) is 4.68 Å². The number of hydrogen-bond acceptors (Lipinski definition) is 3. The van der Waals surface area contributed by atoms with Crippen LogP contribution in [-0.2, 0) is 12.6 Å². The summed E-state index contributed by atoms with van der Waals surface area (Å²) in [4.78, 5) is 4.08. The van der Waals surface area contributed by atoms with Crippen LogP contribution in [-0.4, -0.2) is 19.9 Å². The van der Waals surface area contributed by atoms with Crippen LogP contribution < -0.4 is 0 Å². The summed E-state index contributed by atoms with van der Waals surface area (Å²) < 4.78 is 1.65. The number of aryl methyl sites for hydroxylation is 1. The maximum absolute atomic E-state index is 10.2. The number of aromatic nitrogens is 3. The fourth-order valence-corrected chi connectivity index (χ4v) is 2.41. The summed E-state index contributed by atoms with van der Waals surface area (Å²) in [5.74, 6) is 0.687. The van der Waals surface area contributed by atoms with E-state index in [2.05, 4.69) is 23.9 Å². The molecule has 0 bridgehead atoms. The molecule has 1 heterocycles. The van der Waals surface area contributed by atoms with E-state index in [0.717, 1.165) is 12.8 Å². The molecule has 0 atom stereocenters. The molecule has 72 valence electrons. The maximum atomic E-state index is 10.2. The Morgan fingerprint density at radius 3 is 2.46 bits per heavy atom. The molecule has 4 heteroatoms. The highest BCUT2D eigenvalue weighted by Crippen LogP contribution is 2.52. The Morgan fingerprint density at radius 1 is 1.46 bits per heavy atom. The number of aliphatic hydroxyl groups is 1. The molecule has 4 nitrogen and oxygen atoms in total. The maximum Gasteiger partial charge on any atom is 0.158 e. The summed E-state index contributed by atoms with van der Waals surface area (Å²) >= 11 is 0. The highest BCUT2D eigenvalue weighted by molar-refractivity contribution is 5.11. The first kappa shape index (κ1) is 8.69. The van der Waals surface area contributed by atoms with E-state index >= 15 is 0 Å². The van der Waals surface area contributed by atoms with Gasteiger partial charge < -0.3 is 5.11 Å². The van der Waals surface area contributed by atoms with Crippen molar-refractivity contribution in [2.24, 2.45) is 12.5 Å². The Labute approximate surface area is 77.6 Å². The van der Waals surface area contributed by atoms with Crippen molar-refractivity contribution in [3.8, 4) is 0 Å². The summed E-state index contributed by atoms with van der Waals surface area (Å²) in [6.07, 6.45) is 3.03. The Kier molecular flexibility index (Phi) is 1.55. The van der Waals surface area contributed by atoms with Gasteiger partial charge in [-0.25, -0.2) is 4.98 Å². The second-order valence-corrected chi connectivity index (χ2v) is 4.76. The molecule has 1 aliphatic carbocycles. The van der Waals surface area contributed by atoms with Crippen molar-refractivity contribution in [2.75, 3.05) is 0 Å². The Bertz CT molecular complexity index is 321. The lowest BCUT2D eigenvalue weighted by atomic mass is 9.61. The predicted octanol–water partition coefficient (Wildman–Crippen LogP) is 0.823. The van der Waals surface area contributed by atoms with Crippen LogP contribution in [0.1, 0.15) is 32.5 Å². The second-order valence-electron chi connectivity index (χ2n) is 4.76. The lowest BCUT2D eigenvalue weighted by Crippen LogP contribution is -2.48. The van der Waals surface area contributed by atoms with Crippen LogP contribution in [0.25, 0.3) is 0 Å². The van der Waals surface area contributed by atoms with Gasteiger partial charge in [-0.3, -0.25) is 4.68 Å². The van der Waals surface area contributed by atoms with E-state index in [4.69, 9.17) is 0 Å². The first-order valence-electron chi connectivity index (χ1n) is 4.50. The minimum Gasteiger partial charge on any atom is -0.382 e. The van der Waals surface area contributed by atoms with E-state index in [1.807, 2.05) is 7.05 Å². The molecule has 0 radical (unpaired) electrons. The van der Waals surface area contributed by atoms with Gasteiger partial charge in [0, 0.05) is 7.05 Å². The summed E-state index contributed by atoms with van der Waals surface area (Å²) in [5, 5.41) is 14.1. The molecule has 13 heavy (non-hydrogen) atoms. The van der Waals surface area contributed by atoms with Gasteiger partial charge in [0.1, 0.15) is 11.9 Å². The molecule has 0 amide bonds. The normalized spacial score (nSPS) is 24.0. The first-order chi connectivity index (χ1) is 5.93. The minimum atomic E-state index is -0.741. The van der Waals surface area contributed by atoms with E-state index in [0.29, 0.717) is 5.82 Å². The van der Waals surface area contributed by atoms with Gasteiger partial charge in [-0.05, 0) is 18.3 Å².